The highest BCUT2D eigenvalue weighted by molar-refractivity contribution is 4.89. The SMILES string of the molecule is CC(C)C1CC(NC2CCCC2)CN(CC2CCCC2)C1. The maximum atomic E-state index is 4.02. The molecule has 1 aliphatic heterocycles. The molecule has 1 heterocycles. The van der Waals surface area contributed by atoms with Gasteiger partial charge in [0.15, 0.2) is 0 Å². The number of piperidine rings is 1. The normalized spacial score (nSPS) is 33.3. The minimum Gasteiger partial charge on any atom is -0.310 e. The highest BCUT2D eigenvalue weighted by atomic mass is 15.2. The van der Waals surface area contributed by atoms with Crippen LogP contribution in [0.15, 0.2) is 0 Å². The van der Waals surface area contributed by atoms with Crippen molar-refractivity contribution < 1.29 is 0 Å². The van der Waals surface area contributed by atoms with E-state index >= 15 is 0 Å². The lowest BCUT2D eigenvalue weighted by molar-refractivity contribution is 0.0969. The van der Waals surface area contributed by atoms with Gasteiger partial charge in [-0.15, -0.1) is 0 Å². The van der Waals surface area contributed by atoms with E-state index in [0.717, 1.165) is 29.8 Å². The van der Waals surface area contributed by atoms with Gasteiger partial charge in [-0.25, -0.2) is 0 Å². The van der Waals surface area contributed by atoms with Crippen molar-refractivity contribution >= 4 is 0 Å². The molecule has 0 aromatic heterocycles. The van der Waals surface area contributed by atoms with E-state index in [1.165, 1.54) is 77.4 Å². The summed E-state index contributed by atoms with van der Waals surface area (Å²) in [6, 6.07) is 1.59. The first-order chi connectivity index (χ1) is 10.2. The van der Waals surface area contributed by atoms with Gasteiger partial charge in [0.1, 0.15) is 0 Å². The molecule has 2 unspecified atom stereocenters. The molecule has 0 radical (unpaired) electrons. The monoisotopic (exact) mass is 292 g/mol. The third kappa shape index (κ3) is 4.45. The fourth-order valence-corrected chi connectivity index (χ4v) is 4.97. The summed E-state index contributed by atoms with van der Waals surface area (Å²) < 4.78 is 0. The largest absolute Gasteiger partial charge is 0.310 e. The molecule has 2 atom stereocenters. The summed E-state index contributed by atoms with van der Waals surface area (Å²) in [7, 11) is 0. The second kappa shape index (κ2) is 7.46. The fraction of sp³-hybridized carbons (Fsp3) is 1.00. The van der Waals surface area contributed by atoms with Crippen LogP contribution in [0, 0.1) is 17.8 Å². The van der Waals surface area contributed by atoms with Crippen LogP contribution in [-0.4, -0.2) is 36.6 Å². The Morgan fingerprint density at radius 3 is 2.24 bits per heavy atom. The molecule has 3 fully saturated rings. The Balaban J connectivity index is 1.54. The van der Waals surface area contributed by atoms with Crippen molar-refractivity contribution in [2.75, 3.05) is 19.6 Å². The van der Waals surface area contributed by atoms with Gasteiger partial charge >= 0.3 is 0 Å². The summed E-state index contributed by atoms with van der Waals surface area (Å²) >= 11 is 0. The van der Waals surface area contributed by atoms with E-state index in [2.05, 4.69) is 24.1 Å². The van der Waals surface area contributed by atoms with Gasteiger partial charge in [0, 0.05) is 31.7 Å². The van der Waals surface area contributed by atoms with Crippen molar-refractivity contribution in [2.24, 2.45) is 17.8 Å². The van der Waals surface area contributed by atoms with Gasteiger partial charge in [0.2, 0.25) is 0 Å². The van der Waals surface area contributed by atoms with Crippen LogP contribution in [0.5, 0.6) is 0 Å². The summed E-state index contributed by atoms with van der Waals surface area (Å²) in [6.07, 6.45) is 13.1. The lowest BCUT2D eigenvalue weighted by Crippen LogP contribution is -2.53. The Labute approximate surface area is 132 Å². The summed E-state index contributed by atoms with van der Waals surface area (Å²) in [4.78, 5) is 2.82. The van der Waals surface area contributed by atoms with E-state index in [1.807, 2.05) is 0 Å². The van der Waals surface area contributed by atoms with E-state index in [4.69, 9.17) is 0 Å². The van der Waals surface area contributed by atoms with E-state index in [0.29, 0.717) is 0 Å². The molecule has 0 aromatic rings. The van der Waals surface area contributed by atoms with E-state index in [9.17, 15) is 0 Å². The summed E-state index contributed by atoms with van der Waals surface area (Å²) in [5, 5.41) is 4.02. The van der Waals surface area contributed by atoms with Crippen LogP contribution in [0.1, 0.15) is 71.6 Å². The van der Waals surface area contributed by atoms with Gasteiger partial charge in [0.05, 0.1) is 0 Å². The first-order valence-electron chi connectivity index (χ1n) is 9.69. The Morgan fingerprint density at radius 1 is 0.905 bits per heavy atom. The minimum atomic E-state index is 0.760. The zero-order valence-electron chi connectivity index (χ0n) is 14.3. The molecule has 122 valence electrons. The summed E-state index contributed by atoms with van der Waals surface area (Å²) in [6.45, 7) is 8.91. The quantitative estimate of drug-likeness (QED) is 0.822. The smallest absolute Gasteiger partial charge is 0.0200 e. The highest BCUT2D eigenvalue weighted by Gasteiger charge is 2.32. The molecule has 1 saturated heterocycles. The van der Waals surface area contributed by atoms with Crippen LogP contribution >= 0.6 is 0 Å². The minimum absolute atomic E-state index is 0.760. The van der Waals surface area contributed by atoms with E-state index < -0.39 is 0 Å². The topological polar surface area (TPSA) is 15.3 Å². The first kappa shape index (κ1) is 15.8. The molecule has 2 nitrogen and oxygen atoms in total. The number of likely N-dealkylation sites (tertiary alicyclic amines) is 1. The third-order valence-corrected chi connectivity index (χ3v) is 6.32. The fourth-order valence-electron chi connectivity index (χ4n) is 4.97. The zero-order chi connectivity index (χ0) is 14.7. The molecule has 1 N–H and O–H groups in total. The van der Waals surface area contributed by atoms with Gasteiger partial charge in [-0.1, -0.05) is 39.5 Å². The van der Waals surface area contributed by atoms with Gasteiger partial charge in [0.25, 0.3) is 0 Å². The Kier molecular flexibility index (Phi) is 5.61. The lowest BCUT2D eigenvalue weighted by Gasteiger charge is -2.41. The average Bonchev–Trinajstić information content (AvgIpc) is 3.12. The molecule has 3 rings (SSSR count). The Hall–Kier alpha value is -0.0800. The van der Waals surface area contributed by atoms with Crippen molar-refractivity contribution in [1.29, 1.82) is 0 Å². The number of nitrogens with zero attached hydrogens (tertiary/aromatic N) is 1. The number of rotatable bonds is 5. The molecule has 3 aliphatic rings. The van der Waals surface area contributed by atoms with Gasteiger partial charge in [-0.05, 0) is 49.9 Å². The number of nitrogens with one attached hydrogen (secondary N) is 1. The molecule has 0 aromatic carbocycles. The van der Waals surface area contributed by atoms with Crippen LogP contribution in [0.25, 0.3) is 0 Å². The van der Waals surface area contributed by atoms with Crippen molar-refractivity contribution in [1.82, 2.24) is 10.2 Å². The molecule has 0 bridgehead atoms. The van der Waals surface area contributed by atoms with E-state index in [-0.39, 0.29) is 0 Å². The van der Waals surface area contributed by atoms with Crippen molar-refractivity contribution in [3.05, 3.63) is 0 Å². The predicted octanol–water partition coefficient (Wildman–Crippen LogP) is 4.06. The first-order valence-corrected chi connectivity index (χ1v) is 9.69. The molecular formula is C19H36N2. The molecule has 0 spiro atoms. The van der Waals surface area contributed by atoms with Crippen LogP contribution < -0.4 is 5.32 Å². The molecule has 0 amide bonds. The summed E-state index contributed by atoms with van der Waals surface area (Å²) in [5.41, 5.74) is 0. The predicted molar refractivity (Wildman–Crippen MR) is 90.5 cm³/mol. The molecule has 2 saturated carbocycles. The van der Waals surface area contributed by atoms with Crippen molar-refractivity contribution in [3.8, 4) is 0 Å². The van der Waals surface area contributed by atoms with Crippen LogP contribution in [0.3, 0.4) is 0 Å². The van der Waals surface area contributed by atoms with Gasteiger partial charge in [-0.3, -0.25) is 0 Å². The van der Waals surface area contributed by atoms with Crippen LogP contribution in [0.4, 0.5) is 0 Å². The average molecular weight is 293 g/mol. The highest BCUT2D eigenvalue weighted by Crippen LogP contribution is 2.30. The second-order valence-corrected chi connectivity index (χ2v) is 8.45. The maximum Gasteiger partial charge on any atom is 0.0200 e. The van der Waals surface area contributed by atoms with Crippen LogP contribution in [-0.2, 0) is 0 Å². The Morgan fingerprint density at radius 2 is 1.57 bits per heavy atom. The Bertz CT molecular complexity index is 273. The van der Waals surface area contributed by atoms with Gasteiger partial charge in [-0.2, -0.15) is 0 Å². The second-order valence-electron chi connectivity index (χ2n) is 8.45. The molecule has 21 heavy (non-hydrogen) atoms. The number of hydrogen-bond donors (Lipinski definition) is 1. The van der Waals surface area contributed by atoms with E-state index in [1.54, 1.807) is 0 Å². The van der Waals surface area contributed by atoms with Gasteiger partial charge < -0.3 is 10.2 Å². The van der Waals surface area contributed by atoms with Crippen molar-refractivity contribution in [2.45, 2.75) is 83.7 Å². The maximum absolute atomic E-state index is 4.02. The molecular weight excluding hydrogens is 256 g/mol. The van der Waals surface area contributed by atoms with Crippen molar-refractivity contribution in [3.63, 3.8) is 0 Å². The lowest BCUT2D eigenvalue weighted by atomic mass is 9.84. The molecule has 2 aliphatic carbocycles. The number of hydrogen-bond acceptors (Lipinski definition) is 2. The third-order valence-electron chi connectivity index (χ3n) is 6.32. The summed E-state index contributed by atoms with van der Waals surface area (Å²) in [5.74, 6) is 2.74. The van der Waals surface area contributed by atoms with Crippen LogP contribution in [0.2, 0.25) is 0 Å². The zero-order valence-corrected chi connectivity index (χ0v) is 14.3. The molecule has 2 heteroatoms. The standard InChI is InChI=1S/C19H36N2/c1-15(2)17-11-19(20-18-9-5-6-10-18)14-21(13-17)12-16-7-3-4-8-16/h15-20H,3-14H2,1-2H3.